The summed E-state index contributed by atoms with van der Waals surface area (Å²) in [4.78, 5) is 12.0. The topological polar surface area (TPSA) is 47.6 Å². The van der Waals surface area contributed by atoms with Gasteiger partial charge in [0.25, 0.3) is 0 Å². The molecule has 96 valence electrons. The first-order chi connectivity index (χ1) is 8.34. The van der Waals surface area contributed by atoms with Crippen LogP contribution in [0.2, 0.25) is 0 Å². The van der Waals surface area contributed by atoms with Crippen molar-refractivity contribution in [2.75, 3.05) is 26.4 Å². The van der Waals surface area contributed by atoms with E-state index in [1.807, 2.05) is 0 Å². The van der Waals surface area contributed by atoms with Gasteiger partial charge in [0.15, 0.2) is 0 Å². The lowest BCUT2D eigenvalue weighted by atomic mass is 9.94. The molecule has 2 saturated heterocycles. The van der Waals surface area contributed by atoms with Gasteiger partial charge in [-0.25, -0.2) is 0 Å². The normalized spacial score (nSPS) is 40.5. The highest BCUT2D eigenvalue weighted by atomic mass is 16.5. The molecule has 0 aromatic rings. The summed E-state index contributed by atoms with van der Waals surface area (Å²) in [6.45, 7) is 3.09. The quantitative estimate of drug-likeness (QED) is 0.745. The molecule has 3 aliphatic rings. The van der Waals surface area contributed by atoms with E-state index in [0.29, 0.717) is 24.4 Å². The van der Waals surface area contributed by atoms with Crippen LogP contribution >= 0.6 is 0 Å². The number of carbonyl (C=O) groups is 1. The van der Waals surface area contributed by atoms with Gasteiger partial charge in [-0.15, -0.1) is 0 Å². The molecule has 4 atom stereocenters. The predicted octanol–water partition coefficient (Wildman–Crippen LogP) is 0.954. The highest BCUT2D eigenvalue weighted by Crippen LogP contribution is 2.38. The minimum absolute atomic E-state index is 0.0358. The molecule has 0 bridgehead atoms. The van der Waals surface area contributed by atoms with Gasteiger partial charge in [-0.1, -0.05) is 6.42 Å². The molecule has 4 unspecified atom stereocenters. The van der Waals surface area contributed by atoms with Crippen molar-refractivity contribution in [3.63, 3.8) is 0 Å². The van der Waals surface area contributed by atoms with Crippen molar-refractivity contribution in [3.05, 3.63) is 0 Å². The standard InChI is InChI=1S/C13H21NO3/c15-13(17-8-9-4-5-16-7-9)12-11-3-1-2-10(11)6-14-12/h9-12,14H,1-8H2. The fraction of sp³-hybridized carbons (Fsp3) is 0.923. The van der Waals surface area contributed by atoms with Gasteiger partial charge in [0, 0.05) is 12.5 Å². The second-order valence-corrected chi connectivity index (χ2v) is 5.60. The largest absolute Gasteiger partial charge is 0.464 e. The molecule has 0 aromatic carbocycles. The molecule has 4 nitrogen and oxygen atoms in total. The molecule has 1 N–H and O–H groups in total. The van der Waals surface area contributed by atoms with Crippen LogP contribution in [0.4, 0.5) is 0 Å². The van der Waals surface area contributed by atoms with Gasteiger partial charge in [-0.05, 0) is 37.6 Å². The second-order valence-electron chi connectivity index (χ2n) is 5.60. The van der Waals surface area contributed by atoms with Crippen LogP contribution in [0.3, 0.4) is 0 Å². The average molecular weight is 239 g/mol. The van der Waals surface area contributed by atoms with E-state index in [2.05, 4.69) is 5.32 Å². The summed E-state index contributed by atoms with van der Waals surface area (Å²) in [5.41, 5.74) is 0. The molecule has 0 aromatic heterocycles. The Kier molecular flexibility index (Phi) is 3.34. The molecule has 3 rings (SSSR count). The molecule has 17 heavy (non-hydrogen) atoms. The molecule has 0 amide bonds. The number of fused-ring (bicyclic) bond motifs is 1. The van der Waals surface area contributed by atoms with Crippen molar-refractivity contribution in [1.82, 2.24) is 5.32 Å². The van der Waals surface area contributed by atoms with E-state index in [-0.39, 0.29) is 12.0 Å². The number of hydrogen-bond donors (Lipinski definition) is 1. The summed E-state index contributed by atoms with van der Waals surface area (Å²) in [6.07, 6.45) is 4.76. The zero-order valence-corrected chi connectivity index (χ0v) is 10.2. The summed E-state index contributed by atoms with van der Waals surface area (Å²) in [5.74, 6) is 1.62. The van der Waals surface area contributed by atoms with E-state index < -0.39 is 0 Å². The van der Waals surface area contributed by atoms with E-state index >= 15 is 0 Å². The van der Waals surface area contributed by atoms with E-state index in [9.17, 15) is 4.79 Å². The third-order valence-corrected chi connectivity index (χ3v) is 4.49. The maximum Gasteiger partial charge on any atom is 0.323 e. The summed E-state index contributed by atoms with van der Waals surface area (Å²) in [6, 6.07) is -0.0372. The average Bonchev–Trinajstić information content (AvgIpc) is 3.02. The Labute approximate surface area is 102 Å². The Balaban J connectivity index is 1.48. The predicted molar refractivity (Wildman–Crippen MR) is 62.5 cm³/mol. The molecule has 1 aliphatic carbocycles. The molecule has 1 saturated carbocycles. The summed E-state index contributed by atoms with van der Waals surface area (Å²) in [5, 5.41) is 3.33. The highest BCUT2D eigenvalue weighted by molar-refractivity contribution is 5.76. The van der Waals surface area contributed by atoms with Gasteiger partial charge < -0.3 is 14.8 Å². The van der Waals surface area contributed by atoms with Crippen LogP contribution in [0.5, 0.6) is 0 Å². The molecule has 2 heterocycles. The van der Waals surface area contributed by atoms with E-state index in [1.54, 1.807) is 0 Å². The van der Waals surface area contributed by atoms with Crippen molar-refractivity contribution >= 4 is 5.97 Å². The summed E-state index contributed by atoms with van der Waals surface area (Å²) < 4.78 is 10.7. The summed E-state index contributed by atoms with van der Waals surface area (Å²) in [7, 11) is 0. The molecule has 2 aliphatic heterocycles. The number of hydrogen-bond acceptors (Lipinski definition) is 4. The van der Waals surface area contributed by atoms with Gasteiger partial charge in [-0.3, -0.25) is 4.79 Å². The first-order valence-corrected chi connectivity index (χ1v) is 6.82. The molecular weight excluding hydrogens is 218 g/mol. The van der Waals surface area contributed by atoms with Gasteiger partial charge in [-0.2, -0.15) is 0 Å². The van der Waals surface area contributed by atoms with Gasteiger partial charge in [0.2, 0.25) is 0 Å². The van der Waals surface area contributed by atoms with Crippen LogP contribution in [-0.2, 0) is 14.3 Å². The monoisotopic (exact) mass is 239 g/mol. The minimum Gasteiger partial charge on any atom is -0.464 e. The molecular formula is C13H21NO3. The van der Waals surface area contributed by atoms with E-state index in [1.165, 1.54) is 19.3 Å². The molecule has 3 fully saturated rings. The SMILES string of the molecule is O=C(OCC1CCOC1)C1NCC2CCCC21. The zero-order chi connectivity index (χ0) is 11.7. The lowest BCUT2D eigenvalue weighted by molar-refractivity contribution is -0.148. The van der Waals surface area contributed by atoms with Crippen LogP contribution < -0.4 is 5.32 Å². The third-order valence-electron chi connectivity index (χ3n) is 4.49. The lowest BCUT2D eigenvalue weighted by Gasteiger charge is -2.18. The Bertz CT molecular complexity index is 288. The van der Waals surface area contributed by atoms with Gasteiger partial charge in [0.05, 0.1) is 13.2 Å². The Morgan fingerprint density at radius 3 is 3.12 bits per heavy atom. The third kappa shape index (κ3) is 2.33. The van der Waals surface area contributed by atoms with Crippen LogP contribution in [0, 0.1) is 17.8 Å². The van der Waals surface area contributed by atoms with E-state index in [4.69, 9.17) is 9.47 Å². The maximum absolute atomic E-state index is 12.0. The fourth-order valence-electron chi connectivity index (χ4n) is 3.45. The lowest BCUT2D eigenvalue weighted by Crippen LogP contribution is -2.37. The van der Waals surface area contributed by atoms with E-state index in [0.717, 1.165) is 26.2 Å². The van der Waals surface area contributed by atoms with Crippen molar-refractivity contribution in [2.45, 2.75) is 31.7 Å². The molecule has 0 spiro atoms. The summed E-state index contributed by atoms with van der Waals surface area (Å²) >= 11 is 0. The van der Waals surface area contributed by atoms with Crippen molar-refractivity contribution in [1.29, 1.82) is 0 Å². The molecule has 0 radical (unpaired) electrons. The van der Waals surface area contributed by atoms with Crippen molar-refractivity contribution in [3.8, 4) is 0 Å². The minimum atomic E-state index is -0.0372. The Hall–Kier alpha value is -0.610. The van der Waals surface area contributed by atoms with Crippen LogP contribution in [0.25, 0.3) is 0 Å². The first kappa shape index (κ1) is 11.5. The number of esters is 1. The maximum atomic E-state index is 12.0. The number of rotatable bonds is 3. The Morgan fingerprint density at radius 2 is 2.29 bits per heavy atom. The van der Waals surface area contributed by atoms with Crippen molar-refractivity contribution in [2.24, 2.45) is 17.8 Å². The first-order valence-electron chi connectivity index (χ1n) is 6.82. The number of nitrogens with one attached hydrogen (secondary N) is 1. The van der Waals surface area contributed by atoms with Crippen LogP contribution in [0.15, 0.2) is 0 Å². The van der Waals surface area contributed by atoms with Crippen LogP contribution in [-0.4, -0.2) is 38.4 Å². The molecule has 4 heteroatoms. The van der Waals surface area contributed by atoms with Gasteiger partial charge >= 0.3 is 5.97 Å². The number of carbonyl (C=O) groups excluding carboxylic acids is 1. The van der Waals surface area contributed by atoms with Gasteiger partial charge in [0.1, 0.15) is 6.04 Å². The zero-order valence-electron chi connectivity index (χ0n) is 10.2. The van der Waals surface area contributed by atoms with Crippen LogP contribution in [0.1, 0.15) is 25.7 Å². The highest BCUT2D eigenvalue weighted by Gasteiger charge is 2.43. The number of ether oxygens (including phenoxy) is 2. The fourth-order valence-corrected chi connectivity index (χ4v) is 3.45. The van der Waals surface area contributed by atoms with Crippen molar-refractivity contribution < 1.29 is 14.3 Å². The second kappa shape index (κ2) is 4.94. The smallest absolute Gasteiger partial charge is 0.323 e. The Morgan fingerprint density at radius 1 is 1.35 bits per heavy atom.